The number of anilines is 3. The average molecular weight is 420 g/mol. The number of ether oxygens (including phenoxy) is 1. The monoisotopic (exact) mass is 420 g/mol. The van der Waals surface area contributed by atoms with Crippen molar-refractivity contribution in [3.63, 3.8) is 0 Å². The molecule has 2 aromatic carbocycles. The van der Waals surface area contributed by atoms with Crippen molar-refractivity contribution < 1.29 is 27.8 Å². The van der Waals surface area contributed by atoms with Gasteiger partial charge < -0.3 is 19.6 Å². The zero-order chi connectivity index (χ0) is 21.5. The van der Waals surface area contributed by atoms with Gasteiger partial charge in [-0.25, -0.2) is 0 Å². The van der Waals surface area contributed by atoms with E-state index in [9.17, 15) is 18.0 Å². The molecule has 1 N–H and O–H groups in total. The van der Waals surface area contributed by atoms with Gasteiger partial charge in [0.2, 0.25) is 0 Å². The lowest BCUT2D eigenvalue weighted by Crippen LogP contribution is -2.50. The summed E-state index contributed by atoms with van der Waals surface area (Å²) in [7, 11) is 0. The Labute approximate surface area is 172 Å². The number of rotatable bonds is 5. The van der Waals surface area contributed by atoms with E-state index in [1.54, 1.807) is 0 Å². The predicted molar refractivity (Wildman–Crippen MR) is 108 cm³/mol. The van der Waals surface area contributed by atoms with Crippen LogP contribution in [-0.4, -0.2) is 36.8 Å². The first-order valence-electron chi connectivity index (χ1n) is 9.99. The summed E-state index contributed by atoms with van der Waals surface area (Å²) >= 11 is 0. The molecule has 2 heterocycles. The summed E-state index contributed by atoms with van der Waals surface area (Å²) in [5, 5.41) is 9.10. The fourth-order valence-electron chi connectivity index (χ4n) is 3.95. The fraction of sp³-hybridized carbons (Fsp3) is 0.409. The number of hydrogen-bond acceptors (Lipinski definition) is 4. The molecule has 1 unspecified atom stereocenters. The predicted octanol–water partition coefficient (Wildman–Crippen LogP) is 4.93. The number of carboxylic acid groups (broad SMARTS) is 1. The number of aliphatic carboxylic acids is 1. The molecule has 1 atom stereocenters. The maximum Gasteiger partial charge on any atom is 0.416 e. The molecule has 2 aromatic rings. The standard InChI is InChI=1S/C22H23F3N2O3/c1-2-4-18-13-27(19-8-7-15(22(23,24)25)9-20(19)30-18)17-6-3-5-16(10-17)26-11-14(12-26)21(28)29/h3,5-10,14,18H,2,4,11-13H2,1H3,(H,28,29). The van der Waals surface area contributed by atoms with E-state index in [1.165, 1.54) is 6.07 Å². The van der Waals surface area contributed by atoms with Gasteiger partial charge in [-0.1, -0.05) is 19.4 Å². The maximum absolute atomic E-state index is 13.2. The Bertz CT molecular complexity index is 941. The van der Waals surface area contributed by atoms with Crippen LogP contribution in [0.3, 0.4) is 0 Å². The number of fused-ring (bicyclic) bond motifs is 1. The maximum atomic E-state index is 13.2. The van der Waals surface area contributed by atoms with Crippen LogP contribution in [0.25, 0.3) is 0 Å². The molecule has 30 heavy (non-hydrogen) atoms. The van der Waals surface area contributed by atoms with E-state index in [4.69, 9.17) is 9.84 Å². The average Bonchev–Trinajstić information content (AvgIpc) is 2.65. The van der Waals surface area contributed by atoms with Crippen LogP contribution in [0, 0.1) is 5.92 Å². The minimum Gasteiger partial charge on any atom is -0.486 e. The summed E-state index contributed by atoms with van der Waals surface area (Å²) in [6.45, 7) is 3.45. The van der Waals surface area contributed by atoms with E-state index >= 15 is 0 Å². The number of benzene rings is 2. The van der Waals surface area contributed by atoms with E-state index in [1.807, 2.05) is 41.0 Å². The molecule has 0 radical (unpaired) electrons. The molecular formula is C22H23F3N2O3. The fourth-order valence-corrected chi connectivity index (χ4v) is 3.95. The van der Waals surface area contributed by atoms with E-state index in [0.29, 0.717) is 25.3 Å². The van der Waals surface area contributed by atoms with Crippen LogP contribution in [0.4, 0.5) is 30.2 Å². The zero-order valence-electron chi connectivity index (χ0n) is 16.5. The molecule has 2 aliphatic heterocycles. The third kappa shape index (κ3) is 3.91. The van der Waals surface area contributed by atoms with Crippen LogP contribution in [-0.2, 0) is 11.0 Å². The van der Waals surface area contributed by atoms with Crippen LogP contribution in [0.5, 0.6) is 5.75 Å². The molecule has 1 saturated heterocycles. The van der Waals surface area contributed by atoms with Gasteiger partial charge in [0.25, 0.3) is 0 Å². The Kier molecular flexibility index (Phi) is 5.26. The number of carbonyl (C=O) groups is 1. The highest BCUT2D eigenvalue weighted by Gasteiger charge is 2.35. The quantitative estimate of drug-likeness (QED) is 0.744. The van der Waals surface area contributed by atoms with Gasteiger partial charge in [-0.2, -0.15) is 13.2 Å². The van der Waals surface area contributed by atoms with Crippen molar-refractivity contribution in [2.75, 3.05) is 29.4 Å². The van der Waals surface area contributed by atoms with Crippen molar-refractivity contribution >= 4 is 23.0 Å². The third-order valence-corrected chi connectivity index (χ3v) is 5.61. The zero-order valence-corrected chi connectivity index (χ0v) is 16.5. The summed E-state index contributed by atoms with van der Waals surface area (Å²) < 4.78 is 45.4. The molecule has 160 valence electrons. The van der Waals surface area contributed by atoms with Crippen molar-refractivity contribution in [1.29, 1.82) is 0 Å². The summed E-state index contributed by atoms with van der Waals surface area (Å²) in [5.74, 6) is -0.935. The minimum absolute atomic E-state index is 0.213. The first-order valence-corrected chi connectivity index (χ1v) is 9.99. The van der Waals surface area contributed by atoms with E-state index in [2.05, 4.69) is 0 Å². The Morgan fingerprint density at radius 2 is 1.87 bits per heavy atom. The largest absolute Gasteiger partial charge is 0.486 e. The van der Waals surface area contributed by atoms with Gasteiger partial charge in [-0.05, 0) is 42.8 Å². The second-order valence-electron chi connectivity index (χ2n) is 7.78. The highest BCUT2D eigenvalue weighted by molar-refractivity contribution is 5.77. The lowest BCUT2D eigenvalue weighted by Gasteiger charge is -2.40. The number of halogens is 3. The van der Waals surface area contributed by atoms with E-state index in [-0.39, 0.29) is 17.8 Å². The van der Waals surface area contributed by atoms with E-state index in [0.717, 1.165) is 36.3 Å². The molecule has 0 bridgehead atoms. The van der Waals surface area contributed by atoms with Gasteiger partial charge in [0, 0.05) is 24.5 Å². The normalized spacial score (nSPS) is 19.1. The van der Waals surface area contributed by atoms with Crippen LogP contribution in [0.2, 0.25) is 0 Å². The number of hydrogen-bond donors (Lipinski definition) is 1. The third-order valence-electron chi connectivity index (χ3n) is 5.61. The first-order chi connectivity index (χ1) is 14.3. The topological polar surface area (TPSA) is 53.0 Å². The Hall–Kier alpha value is -2.90. The SMILES string of the molecule is CCCC1CN(c2cccc(N3CC(C(=O)O)C3)c2)c2ccc(C(F)(F)F)cc2O1. The summed E-state index contributed by atoms with van der Waals surface area (Å²) in [4.78, 5) is 15.0. The van der Waals surface area contributed by atoms with Crippen LogP contribution >= 0.6 is 0 Å². The molecule has 0 amide bonds. The second-order valence-corrected chi connectivity index (χ2v) is 7.78. The molecular weight excluding hydrogens is 397 g/mol. The summed E-state index contributed by atoms with van der Waals surface area (Å²) in [6.07, 6.45) is -3.05. The van der Waals surface area contributed by atoms with Crippen LogP contribution in [0.15, 0.2) is 42.5 Å². The second kappa shape index (κ2) is 7.74. The molecule has 1 fully saturated rings. The molecule has 8 heteroatoms. The highest BCUT2D eigenvalue weighted by Crippen LogP contribution is 2.43. The van der Waals surface area contributed by atoms with Crippen molar-refractivity contribution in [2.24, 2.45) is 5.92 Å². The smallest absolute Gasteiger partial charge is 0.416 e. The Balaban J connectivity index is 1.65. The van der Waals surface area contributed by atoms with Gasteiger partial charge in [0.05, 0.1) is 23.7 Å². The molecule has 0 aliphatic carbocycles. The molecule has 4 rings (SSSR count). The Morgan fingerprint density at radius 1 is 1.13 bits per heavy atom. The summed E-state index contributed by atoms with van der Waals surface area (Å²) in [5.41, 5.74) is 1.61. The lowest BCUT2D eigenvalue weighted by molar-refractivity contribution is -0.142. The van der Waals surface area contributed by atoms with Crippen molar-refractivity contribution in [1.82, 2.24) is 0 Å². The molecule has 0 saturated carbocycles. The van der Waals surface area contributed by atoms with Crippen LogP contribution < -0.4 is 14.5 Å². The van der Waals surface area contributed by atoms with Gasteiger partial charge in [-0.3, -0.25) is 4.79 Å². The number of nitrogens with zero attached hydrogens (tertiary/aromatic N) is 2. The first kappa shape index (κ1) is 20.4. The minimum atomic E-state index is -4.43. The van der Waals surface area contributed by atoms with Gasteiger partial charge in [0.1, 0.15) is 11.9 Å². The van der Waals surface area contributed by atoms with Gasteiger partial charge in [-0.15, -0.1) is 0 Å². The van der Waals surface area contributed by atoms with E-state index < -0.39 is 17.7 Å². The van der Waals surface area contributed by atoms with Crippen molar-refractivity contribution in [2.45, 2.75) is 32.0 Å². The molecule has 5 nitrogen and oxygen atoms in total. The Morgan fingerprint density at radius 3 is 2.53 bits per heavy atom. The molecule has 0 aromatic heterocycles. The van der Waals surface area contributed by atoms with Crippen molar-refractivity contribution in [3.8, 4) is 5.75 Å². The highest BCUT2D eigenvalue weighted by atomic mass is 19.4. The van der Waals surface area contributed by atoms with Gasteiger partial charge in [0.15, 0.2) is 0 Å². The summed E-state index contributed by atoms with van der Waals surface area (Å²) in [6, 6.07) is 11.3. The van der Waals surface area contributed by atoms with Crippen LogP contribution in [0.1, 0.15) is 25.3 Å². The number of carboxylic acids is 1. The number of alkyl halides is 3. The van der Waals surface area contributed by atoms with Crippen molar-refractivity contribution in [3.05, 3.63) is 48.0 Å². The molecule has 2 aliphatic rings. The van der Waals surface area contributed by atoms with Gasteiger partial charge >= 0.3 is 12.1 Å². The lowest BCUT2D eigenvalue weighted by atomic mass is 9.99. The molecule has 0 spiro atoms.